The van der Waals surface area contributed by atoms with Gasteiger partial charge >= 0.3 is 11.9 Å². The molecule has 7 aliphatic rings. The van der Waals surface area contributed by atoms with E-state index in [0.29, 0.717) is 12.8 Å². The quantitative estimate of drug-likeness (QED) is 0.225. The summed E-state index contributed by atoms with van der Waals surface area (Å²) in [6, 6.07) is 0. The van der Waals surface area contributed by atoms with Crippen molar-refractivity contribution in [1.82, 2.24) is 0 Å². The molecule has 2 aliphatic heterocycles. The highest BCUT2D eigenvalue weighted by molar-refractivity contribution is 5.82. The number of aliphatic carboxylic acids is 1. The monoisotopic (exact) mass is 648 g/mol. The summed E-state index contributed by atoms with van der Waals surface area (Å²) in [5, 5.41) is 53.3. The average Bonchev–Trinajstić information content (AvgIpc) is 3.15. The number of hydrogen-bond donors (Lipinski definition) is 5. The molecule has 7 fully saturated rings. The molecule has 1 spiro atoms. The van der Waals surface area contributed by atoms with Crippen LogP contribution >= 0.6 is 0 Å². The van der Waals surface area contributed by atoms with Gasteiger partial charge in [0.2, 0.25) is 0 Å². The smallest absolute Gasteiger partial charge is 0.335 e. The van der Waals surface area contributed by atoms with Crippen molar-refractivity contribution in [3.8, 4) is 0 Å². The highest BCUT2D eigenvalue weighted by Crippen LogP contribution is 2.80. The number of hydrogen-bond acceptors (Lipinski definition) is 9. The lowest BCUT2D eigenvalue weighted by atomic mass is 9.30. The molecule has 2 saturated heterocycles. The molecule has 0 aromatic carbocycles. The van der Waals surface area contributed by atoms with E-state index < -0.39 is 65.3 Å². The SMILES string of the molecule is CC1(C)CC[C@@]23CC[C@]4(C)[C@@](OC2=O)([C@@H]3C1)[C@@H](O)C[C@@H]1[C@@]2(C)CC[C@H](O[C@@H]3O[C@H](C(=O)O)[C@@H](O)[C@H](O)[C@H]3O)C(C)(C)[C@@H]2CC[C@]14C. The van der Waals surface area contributed by atoms with Gasteiger partial charge in [0.25, 0.3) is 0 Å². The summed E-state index contributed by atoms with van der Waals surface area (Å²) in [4.78, 5) is 25.6. The van der Waals surface area contributed by atoms with Gasteiger partial charge in [0.15, 0.2) is 12.4 Å². The van der Waals surface area contributed by atoms with E-state index in [1.54, 1.807) is 0 Å². The van der Waals surface area contributed by atoms with Gasteiger partial charge in [0.1, 0.15) is 23.9 Å². The molecule has 2 heterocycles. The van der Waals surface area contributed by atoms with E-state index >= 15 is 0 Å². The second-order valence-corrected chi connectivity index (χ2v) is 18.6. The van der Waals surface area contributed by atoms with Gasteiger partial charge in [-0.1, -0.05) is 48.5 Å². The molecule has 0 radical (unpaired) electrons. The van der Waals surface area contributed by atoms with Gasteiger partial charge in [0, 0.05) is 11.3 Å². The Bertz CT molecular complexity index is 1300. The van der Waals surface area contributed by atoms with Crippen molar-refractivity contribution < 1.29 is 49.3 Å². The summed E-state index contributed by atoms with van der Waals surface area (Å²) < 4.78 is 18.6. The highest BCUT2D eigenvalue weighted by Gasteiger charge is 2.83. The fourth-order valence-electron chi connectivity index (χ4n) is 13.4. The number of esters is 1. The van der Waals surface area contributed by atoms with Gasteiger partial charge in [-0.3, -0.25) is 4.79 Å². The Morgan fingerprint density at radius 2 is 1.48 bits per heavy atom. The molecule has 7 rings (SSSR count). The molecule has 260 valence electrons. The van der Waals surface area contributed by atoms with Crippen LogP contribution in [0.15, 0.2) is 0 Å². The number of carboxylic acids is 1. The Labute approximate surface area is 272 Å². The number of carbonyl (C=O) groups excluding carboxylic acids is 1. The summed E-state index contributed by atoms with van der Waals surface area (Å²) in [6.07, 6.45) is -1.04. The summed E-state index contributed by atoms with van der Waals surface area (Å²) in [5.41, 5.74) is -2.40. The van der Waals surface area contributed by atoms with Crippen molar-refractivity contribution in [1.29, 1.82) is 0 Å². The van der Waals surface area contributed by atoms with Crippen molar-refractivity contribution in [3.05, 3.63) is 0 Å². The van der Waals surface area contributed by atoms with E-state index in [2.05, 4.69) is 48.5 Å². The number of aliphatic hydroxyl groups excluding tert-OH is 4. The second kappa shape index (κ2) is 9.90. The molecule has 0 unspecified atom stereocenters. The molecular formula is C36H56O10. The Kier molecular flexibility index (Phi) is 7.15. The highest BCUT2D eigenvalue weighted by atomic mass is 16.7. The van der Waals surface area contributed by atoms with Crippen LogP contribution in [0.5, 0.6) is 0 Å². The Morgan fingerprint density at radius 3 is 2.15 bits per heavy atom. The van der Waals surface area contributed by atoms with Gasteiger partial charge in [-0.2, -0.15) is 0 Å². The predicted molar refractivity (Wildman–Crippen MR) is 165 cm³/mol. The van der Waals surface area contributed by atoms with Crippen molar-refractivity contribution in [3.63, 3.8) is 0 Å². The lowest BCUT2D eigenvalue weighted by Gasteiger charge is -2.74. The number of carboxylic acid groups (broad SMARTS) is 1. The van der Waals surface area contributed by atoms with Crippen LogP contribution in [0.3, 0.4) is 0 Å². The third-order valence-electron chi connectivity index (χ3n) is 16.1. The lowest BCUT2D eigenvalue weighted by molar-refractivity contribution is -0.336. The van der Waals surface area contributed by atoms with Crippen LogP contribution in [-0.2, 0) is 23.8 Å². The maximum atomic E-state index is 13.9. The first-order valence-corrected chi connectivity index (χ1v) is 17.7. The van der Waals surface area contributed by atoms with Crippen molar-refractivity contribution in [2.24, 2.45) is 50.2 Å². The van der Waals surface area contributed by atoms with Crippen LogP contribution in [0.2, 0.25) is 0 Å². The molecule has 10 nitrogen and oxygen atoms in total. The number of ether oxygens (including phenoxy) is 3. The third-order valence-corrected chi connectivity index (χ3v) is 16.1. The summed E-state index contributed by atoms with van der Waals surface area (Å²) >= 11 is 0. The molecule has 0 aromatic rings. The predicted octanol–water partition coefficient (Wildman–Crippen LogP) is 3.80. The van der Waals surface area contributed by atoms with Gasteiger partial charge in [0.05, 0.1) is 17.6 Å². The summed E-state index contributed by atoms with van der Waals surface area (Å²) in [5.74, 6) is -1.12. The molecule has 0 aromatic heterocycles. The minimum absolute atomic E-state index is 0.0132. The molecule has 5 aliphatic carbocycles. The molecular weight excluding hydrogens is 592 g/mol. The Hall–Kier alpha value is -1.30. The van der Waals surface area contributed by atoms with Crippen LogP contribution in [0.25, 0.3) is 0 Å². The molecule has 10 heteroatoms. The van der Waals surface area contributed by atoms with Crippen LogP contribution in [0, 0.1) is 50.2 Å². The molecule has 46 heavy (non-hydrogen) atoms. The minimum atomic E-state index is -1.77. The maximum Gasteiger partial charge on any atom is 0.335 e. The molecule has 0 amide bonds. The van der Waals surface area contributed by atoms with Crippen LogP contribution in [0.1, 0.15) is 113 Å². The second-order valence-electron chi connectivity index (χ2n) is 18.6. The van der Waals surface area contributed by atoms with E-state index in [9.17, 15) is 35.1 Å². The number of aliphatic hydroxyl groups is 4. The lowest BCUT2D eigenvalue weighted by Crippen LogP contribution is -2.76. The van der Waals surface area contributed by atoms with Crippen LogP contribution < -0.4 is 0 Å². The maximum absolute atomic E-state index is 13.9. The molecule has 2 bridgehead atoms. The van der Waals surface area contributed by atoms with E-state index in [0.717, 1.165) is 51.4 Å². The average molecular weight is 649 g/mol. The summed E-state index contributed by atoms with van der Waals surface area (Å²) in [7, 11) is 0. The fraction of sp³-hybridized carbons (Fsp3) is 0.944. The first-order valence-electron chi connectivity index (χ1n) is 17.7. The van der Waals surface area contributed by atoms with E-state index in [1.165, 1.54) is 0 Å². The first-order chi connectivity index (χ1) is 21.2. The Balaban J connectivity index is 1.20. The van der Waals surface area contributed by atoms with Gasteiger partial charge in [-0.05, 0) is 97.7 Å². The van der Waals surface area contributed by atoms with Gasteiger partial charge in [-0.15, -0.1) is 0 Å². The first kappa shape index (κ1) is 33.2. The number of fused-ring (bicyclic) bond motifs is 4. The zero-order valence-corrected chi connectivity index (χ0v) is 28.6. The number of rotatable bonds is 3. The largest absolute Gasteiger partial charge is 0.479 e. The van der Waals surface area contributed by atoms with E-state index in [-0.39, 0.29) is 45.4 Å². The van der Waals surface area contributed by atoms with Crippen molar-refractivity contribution in [2.45, 2.75) is 161 Å². The fourth-order valence-corrected chi connectivity index (χ4v) is 13.4. The third kappa shape index (κ3) is 3.86. The van der Waals surface area contributed by atoms with Crippen molar-refractivity contribution >= 4 is 11.9 Å². The molecule has 5 N–H and O–H groups in total. The standard InChI is InChI=1S/C36H56O10/c1-30(2)12-14-35-15-13-34(7)33(6)11-8-18-31(3,4)22(44-28-25(40)23(38)24(39)26(45-28)27(41)42)9-10-32(18,5)19(33)16-21(37)36(34,20(35)17-30)46-29(35)43/h18-26,28,37-40H,8-17H2,1-7H3,(H,41,42)/t18-,19+,20+,21-,22-,23-,24-,25+,26-,28+,32-,33+,34-,35-,36+/m0/s1. The van der Waals surface area contributed by atoms with Crippen LogP contribution in [0.4, 0.5) is 0 Å². The van der Waals surface area contributed by atoms with E-state index in [4.69, 9.17) is 14.2 Å². The van der Waals surface area contributed by atoms with Gasteiger partial charge < -0.3 is 39.7 Å². The zero-order valence-electron chi connectivity index (χ0n) is 28.6. The van der Waals surface area contributed by atoms with Crippen molar-refractivity contribution in [2.75, 3.05) is 0 Å². The van der Waals surface area contributed by atoms with Gasteiger partial charge in [-0.25, -0.2) is 4.79 Å². The summed E-state index contributed by atoms with van der Waals surface area (Å²) in [6.45, 7) is 16.0. The topological polar surface area (TPSA) is 163 Å². The normalized spacial score (nSPS) is 56.9. The zero-order chi connectivity index (χ0) is 33.6. The number of carbonyl (C=O) groups is 2. The minimum Gasteiger partial charge on any atom is -0.479 e. The molecule has 15 atom stereocenters. The Morgan fingerprint density at radius 1 is 0.804 bits per heavy atom. The molecule has 5 saturated carbocycles. The van der Waals surface area contributed by atoms with Crippen LogP contribution in [-0.4, -0.2) is 86.0 Å². The van der Waals surface area contributed by atoms with E-state index in [1.807, 2.05) is 0 Å².